The molecule has 0 aliphatic rings. The lowest BCUT2D eigenvalue weighted by Gasteiger charge is -2.14. The van der Waals surface area contributed by atoms with Crippen LogP contribution in [0.3, 0.4) is 0 Å². The lowest BCUT2D eigenvalue weighted by Crippen LogP contribution is -2.06. The summed E-state index contributed by atoms with van der Waals surface area (Å²) in [4.78, 5) is 12.8. The molecule has 140 valence electrons. The van der Waals surface area contributed by atoms with E-state index in [4.69, 9.17) is 10.5 Å². The van der Waals surface area contributed by atoms with Gasteiger partial charge in [0.25, 0.3) is 0 Å². The Morgan fingerprint density at radius 1 is 0.897 bits per heavy atom. The van der Waals surface area contributed by atoms with Crippen molar-refractivity contribution >= 4 is 28.8 Å². The van der Waals surface area contributed by atoms with Gasteiger partial charge in [-0.25, -0.2) is 9.97 Å². The van der Waals surface area contributed by atoms with Crippen molar-refractivity contribution in [2.24, 2.45) is 0 Å². The molecule has 1 aromatic carbocycles. The number of hydrogen-bond acceptors (Lipinski definition) is 7. The molecule has 0 amide bonds. The van der Waals surface area contributed by atoms with E-state index in [1.54, 1.807) is 30.5 Å². The topological polar surface area (TPSA) is 115 Å². The number of benzene rings is 1. The molecule has 0 saturated heterocycles. The normalized spacial score (nSPS) is 10.3. The second kappa shape index (κ2) is 7.29. The van der Waals surface area contributed by atoms with Crippen LogP contribution in [0.5, 0.6) is 0 Å². The van der Waals surface area contributed by atoms with Gasteiger partial charge in [0.05, 0.1) is 22.9 Å². The Morgan fingerprint density at radius 3 is 2.28 bits per heavy atom. The Labute approximate surface area is 167 Å². The van der Waals surface area contributed by atoms with Crippen LogP contribution < -0.4 is 10.6 Å². The Morgan fingerprint density at radius 2 is 1.59 bits per heavy atom. The van der Waals surface area contributed by atoms with Gasteiger partial charge in [-0.1, -0.05) is 0 Å². The highest BCUT2D eigenvalue weighted by Gasteiger charge is 2.11. The summed E-state index contributed by atoms with van der Waals surface area (Å²) in [6.07, 6.45) is 3.23. The zero-order valence-corrected chi connectivity index (χ0v) is 15.8. The molecule has 3 heterocycles. The third kappa shape index (κ3) is 3.55. The van der Waals surface area contributed by atoms with Crippen molar-refractivity contribution in [1.29, 1.82) is 10.5 Å². The van der Waals surface area contributed by atoms with Crippen molar-refractivity contribution in [3.63, 3.8) is 0 Å². The fourth-order valence-electron chi connectivity index (χ4n) is 3.12. The first-order valence-electron chi connectivity index (χ1n) is 8.83. The lowest BCUT2D eigenvalue weighted by atomic mass is 10.2. The first kappa shape index (κ1) is 18.0. The smallest absolute Gasteiger partial charge is 0.232 e. The number of aromatic nitrogens is 4. The molecule has 8 nitrogen and oxygen atoms in total. The maximum Gasteiger partial charge on any atom is 0.232 e. The minimum atomic E-state index is 0.385. The highest BCUT2D eigenvalue weighted by molar-refractivity contribution is 5.69. The summed E-state index contributed by atoms with van der Waals surface area (Å²) in [6.45, 7) is 3.96. The minimum Gasteiger partial charge on any atom is -0.324 e. The third-order valence-electron chi connectivity index (χ3n) is 4.54. The number of hydrogen-bond donors (Lipinski definition) is 2. The van der Waals surface area contributed by atoms with Crippen molar-refractivity contribution in [2.45, 2.75) is 13.8 Å². The van der Waals surface area contributed by atoms with Gasteiger partial charge < -0.3 is 15.0 Å². The summed E-state index contributed by atoms with van der Waals surface area (Å²) >= 11 is 0. The van der Waals surface area contributed by atoms with E-state index in [0.717, 1.165) is 28.1 Å². The van der Waals surface area contributed by atoms with Gasteiger partial charge in [-0.15, -0.1) is 0 Å². The van der Waals surface area contributed by atoms with E-state index in [1.807, 2.05) is 30.4 Å². The fourth-order valence-corrected chi connectivity index (χ4v) is 3.12. The molecule has 4 aromatic rings. The molecule has 4 rings (SSSR count). The first-order chi connectivity index (χ1) is 14.1. The molecule has 2 N–H and O–H groups in total. The van der Waals surface area contributed by atoms with Crippen molar-refractivity contribution in [1.82, 2.24) is 19.4 Å². The van der Waals surface area contributed by atoms with Gasteiger partial charge in [-0.05, 0) is 55.8 Å². The number of anilines is 4. The summed E-state index contributed by atoms with van der Waals surface area (Å²) in [5.74, 6) is 0.783. The monoisotopic (exact) mass is 380 g/mol. The molecule has 0 radical (unpaired) electrons. The second-order valence-electron chi connectivity index (χ2n) is 6.50. The van der Waals surface area contributed by atoms with Crippen LogP contribution in [-0.2, 0) is 0 Å². The van der Waals surface area contributed by atoms with Gasteiger partial charge in [0.2, 0.25) is 11.9 Å². The van der Waals surface area contributed by atoms with Gasteiger partial charge in [0, 0.05) is 23.1 Å². The van der Waals surface area contributed by atoms with Gasteiger partial charge >= 0.3 is 0 Å². The Bertz CT molecular complexity index is 1290. The van der Waals surface area contributed by atoms with Crippen molar-refractivity contribution in [3.05, 3.63) is 71.3 Å². The molecule has 0 aliphatic carbocycles. The number of aryl methyl sites for hydroxylation is 2. The average molecular weight is 380 g/mol. The standard InChI is InChI=1S/C21H16N8/c1-13-7-18-8-16(10-23)11-29(18)14(2)19(13)27-21-25-12-24-20(28-21)26-17-5-3-15(9-22)4-6-17/h3-8,11-12H,1-2H3,(H2,24,25,26,27,28). The molecule has 0 atom stereocenters. The predicted octanol–water partition coefficient (Wildman–Crippen LogP) is 3.97. The maximum absolute atomic E-state index is 9.16. The van der Waals surface area contributed by atoms with E-state index >= 15 is 0 Å². The number of fused-ring (bicyclic) bond motifs is 1. The number of nitrogens with one attached hydrogen (secondary N) is 2. The van der Waals surface area contributed by atoms with Crippen LogP contribution in [0, 0.1) is 36.5 Å². The number of pyridine rings is 1. The Kier molecular flexibility index (Phi) is 4.52. The molecule has 3 aromatic heterocycles. The van der Waals surface area contributed by atoms with Gasteiger partial charge in [-0.2, -0.15) is 15.5 Å². The molecule has 0 fully saturated rings. The van der Waals surface area contributed by atoms with Crippen molar-refractivity contribution in [2.75, 3.05) is 10.6 Å². The summed E-state index contributed by atoms with van der Waals surface area (Å²) in [7, 11) is 0. The van der Waals surface area contributed by atoms with Gasteiger partial charge in [0.1, 0.15) is 12.4 Å². The first-order valence-corrected chi connectivity index (χ1v) is 8.83. The number of rotatable bonds is 4. The summed E-state index contributed by atoms with van der Waals surface area (Å²) in [5.41, 5.74) is 5.75. The molecule has 0 saturated carbocycles. The van der Waals surface area contributed by atoms with E-state index in [2.05, 4.69) is 37.7 Å². The average Bonchev–Trinajstić information content (AvgIpc) is 3.15. The molecule has 29 heavy (non-hydrogen) atoms. The number of nitrogens with zero attached hydrogens (tertiary/aromatic N) is 6. The molecule has 0 spiro atoms. The second-order valence-corrected chi connectivity index (χ2v) is 6.50. The maximum atomic E-state index is 9.16. The van der Waals surface area contributed by atoms with Crippen LogP contribution in [0.15, 0.2) is 48.9 Å². The zero-order chi connectivity index (χ0) is 20.4. The van der Waals surface area contributed by atoms with Gasteiger partial charge in [-0.3, -0.25) is 0 Å². The molecular formula is C21H16N8. The molecule has 8 heteroatoms. The van der Waals surface area contributed by atoms with E-state index < -0.39 is 0 Å². The zero-order valence-electron chi connectivity index (χ0n) is 15.8. The summed E-state index contributed by atoms with van der Waals surface area (Å²) < 4.78 is 1.96. The summed E-state index contributed by atoms with van der Waals surface area (Å²) in [6, 6.07) is 15.1. The summed E-state index contributed by atoms with van der Waals surface area (Å²) in [5, 5.41) is 24.4. The highest BCUT2D eigenvalue weighted by Crippen LogP contribution is 2.26. The third-order valence-corrected chi connectivity index (χ3v) is 4.54. The van der Waals surface area contributed by atoms with Crippen LogP contribution >= 0.6 is 0 Å². The van der Waals surface area contributed by atoms with E-state index in [9.17, 15) is 0 Å². The Balaban J connectivity index is 1.62. The van der Waals surface area contributed by atoms with E-state index in [0.29, 0.717) is 23.0 Å². The quantitative estimate of drug-likeness (QED) is 0.550. The van der Waals surface area contributed by atoms with Crippen LogP contribution in [0.4, 0.5) is 23.3 Å². The van der Waals surface area contributed by atoms with Crippen LogP contribution in [0.2, 0.25) is 0 Å². The van der Waals surface area contributed by atoms with Gasteiger partial charge in [0.15, 0.2) is 0 Å². The largest absolute Gasteiger partial charge is 0.324 e. The van der Waals surface area contributed by atoms with E-state index in [-0.39, 0.29) is 0 Å². The predicted molar refractivity (Wildman–Crippen MR) is 109 cm³/mol. The number of nitriles is 2. The van der Waals surface area contributed by atoms with Crippen LogP contribution in [0.1, 0.15) is 22.4 Å². The molecule has 0 aliphatic heterocycles. The highest BCUT2D eigenvalue weighted by atomic mass is 15.2. The SMILES string of the molecule is Cc1cc2cc(C#N)cn2c(C)c1Nc1ncnc(Nc2ccc(C#N)cc2)n1. The Hall–Kier alpha value is -4.43. The molecule has 0 bridgehead atoms. The lowest BCUT2D eigenvalue weighted by molar-refractivity contribution is 1.04. The fraction of sp³-hybridized carbons (Fsp3) is 0.0952. The van der Waals surface area contributed by atoms with Crippen molar-refractivity contribution in [3.8, 4) is 12.1 Å². The molecular weight excluding hydrogens is 364 g/mol. The van der Waals surface area contributed by atoms with Crippen LogP contribution in [0.25, 0.3) is 5.52 Å². The van der Waals surface area contributed by atoms with E-state index in [1.165, 1.54) is 6.33 Å². The van der Waals surface area contributed by atoms with Crippen LogP contribution in [-0.4, -0.2) is 19.4 Å². The molecule has 0 unspecified atom stereocenters. The van der Waals surface area contributed by atoms with Crippen molar-refractivity contribution < 1.29 is 0 Å². The minimum absolute atomic E-state index is 0.385.